The highest BCUT2D eigenvalue weighted by Gasteiger charge is 2.23. The average molecular weight is 241 g/mol. The number of hydrogen-bond acceptors (Lipinski definition) is 3. The number of rotatable bonds is 3. The van der Waals surface area contributed by atoms with E-state index in [0.717, 1.165) is 38.8 Å². The number of nitrogens with zero attached hydrogens (tertiary/aromatic N) is 1. The largest absolute Gasteiger partial charge is 0.420 e. The summed E-state index contributed by atoms with van der Waals surface area (Å²) in [6.07, 6.45) is 7.74. The molecule has 0 aromatic carbocycles. The zero-order chi connectivity index (χ0) is 12.1. The molecule has 4 heteroatoms. The van der Waals surface area contributed by atoms with Crippen LogP contribution >= 0.6 is 0 Å². The van der Waals surface area contributed by atoms with E-state index in [9.17, 15) is 4.79 Å². The van der Waals surface area contributed by atoms with Crippen LogP contribution in [0.25, 0.3) is 0 Å². The lowest BCUT2D eigenvalue weighted by molar-refractivity contribution is -0.130. The van der Waals surface area contributed by atoms with E-state index < -0.39 is 6.29 Å². The van der Waals surface area contributed by atoms with Crippen molar-refractivity contribution >= 4 is 6.09 Å². The van der Waals surface area contributed by atoms with Crippen molar-refractivity contribution in [2.75, 3.05) is 13.1 Å². The number of likely N-dealkylation sites (tertiary alicyclic amines) is 1. The van der Waals surface area contributed by atoms with Crippen LogP contribution in [0.4, 0.5) is 4.79 Å². The molecule has 1 atom stereocenters. The van der Waals surface area contributed by atoms with Crippen molar-refractivity contribution in [1.29, 1.82) is 0 Å². The van der Waals surface area contributed by atoms with Gasteiger partial charge in [0.15, 0.2) is 0 Å². The van der Waals surface area contributed by atoms with E-state index in [1.54, 1.807) is 4.90 Å². The van der Waals surface area contributed by atoms with Gasteiger partial charge in [-0.1, -0.05) is 12.8 Å². The van der Waals surface area contributed by atoms with Gasteiger partial charge in [-0.2, -0.15) is 0 Å². The molecule has 2 fully saturated rings. The number of ether oxygens (including phenoxy) is 2. The first-order valence-corrected chi connectivity index (χ1v) is 6.87. The zero-order valence-electron chi connectivity index (χ0n) is 10.7. The normalized spacial score (nSPS) is 23.7. The predicted molar refractivity (Wildman–Crippen MR) is 64.7 cm³/mol. The SMILES string of the molecule is CC(OC(=O)N1CCCCC1)OC1CCCC1. The Morgan fingerprint density at radius 1 is 1.12 bits per heavy atom. The highest BCUT2D eigenvalue weighted by Crippen LogP contribution is 2.22. The Morgan fingerprint density at radius 3 is 2.41 bits per heavy atom. The van der Waals surface area contributed by atoms with Crippen LogP contribution in [0.1, 0.15) is 51.9 Å². The smallest absolute Gasteiger partial charge is 0.412 e. The quantitative estimate of drug-likeness (QED) is 0.713. The van der Waals surface area contributed by atoms with E-state index in [1.165, 1.54) is 19.3 Å². The number of hydrogen-bond donors (Lipinski definition) is 0. The van der Waals surface area contributed by atoms with Gasteiger partial charge in [-0.25, -0.2) is 4.79 Å². The third kappa shape index (κ3) is 3.87. The van der Waals surface area contributed by atoms with Crippen molar-refractivity contribution in [3.05, 3.63) is 0 Å². The maximum Gasteiger partial charge on any atom is 0.412 e. The minimum Gasteiger partial charge on any atom is -0.420 e. The van der Waals surface area contributed by atoms with Gasteiger partial charge in [-0.15, -0.1) is 0 Å². The van der Waals surface area contributed by atoms with Gasteiger partial charge in [-0.3, -0.25) is 0 Å². The van der Waals surface area contributed by atoms with E-state index in [1.807, 2.05) is 6.92 Å². The van der Waals surface area contributed by atoms with Crippen molar-refractivity contribution < 1.29 is 14.3 Å². The van der Waals surface area contributed by atoms with Gasteiger partial charge in [-0.05, 0) is 39.0 Å². The summed E-state index contributed by atoms with van der Waals surface area (Å²) in [5, 5.41) is 0. The Balaban J connectivity index is 1.69. The number of carbonyl (C=O) groups excluding carboxylic acids is 1. The van der Waals surface area contributed by atoms with Crippen molar-refractivity contribution in [3.8, 4) is 0 Å². The fourth-order valence-electron chi connectivity index (χ4n) is 2.62. The molecule has 2 aliphatic rings. The second-order valence-electron chi connectivity index (χ2n) is 5.04. The molecular formula is C13H23NO3. The lowest BCUT2D eigenvalue weighted by Crippen LogP contribution is -2.38. The Hall–Kier alpha value is -0.770. The van der Waals surface area contributed by atoms with Crippen LogP contribution in [0.15, 0.2) is 0 Å². The summed E-state index contributed by atoms with van der Waals surface area (Å²) in [5.41, 5.74) is 0. The van der Waals surface area contributed by atoms with E-state index in [4.69, 9.17) is 9.47 Å². The van der Waals surface area contributed by atoms with Gasteiger partial charge >= 0.3 is 6.09 Å². The van der Waals surface area contributed by atoms with E-state index in [0.29, 0.717) is 6.10 Å². The summed E-state index contributed by atoms with van der Waals surface area (Å²) >= 11 is 0. The first-order chi connectivity index (χ1) is 8.25. The molecule has 1 aliphatic heterocycles. The summed E-state index contributed by atoms with van der Waals surface area (Å²) in [7, 11) is 0. The Labute approximate surface area is 103 Å². The minimum atomic E-state index is -0.410. The van der Waals surface area contributed by atoms with Crippen molar-refractivity contribution in [2.45, 2.75) is 64.3 Å². The third-order valence-corrected chi connectivity index (χ3v) is 3.57. The molecule has 0 radical (unpaired) electrons. The van der Waals surface area contributed by atoms with Crippen LogP contribution < -0.4 is 0 Å². The van der Waals surface area contributed by atoms with Gasteiger partial charge < -0.3 is 14.4 Å². The van der Waals surface area contributed by atoms with Crippen molar-refractivity contribution in [2.24, 2.45) is 0 Å². The van der Waals surface area contributed by atoms with Crippen LogP contribution in [0.2, 0.25) is 0 Å². The van der Waals surface area contributed by atoms with Gasteiger partial charge in [0.1, 0.15) is 0 Å². The number of amides is 1. The van der Waals surface area contributed by atoms with Crippen LogP contribution in [0.5, 0.6) is 0 Å². The van der Waals surface area contributed by atoms with Gasteiger partial charge in [0.05, 0.1) is 6.10 Å². The lowest BCUT2D eigenvalue weighted by atomic mass is 10.1. The first kappa shape index (κ1) is 12.7. The average Bonchev–Trinajstić information content (AvgIpc) is 2.82. The molecular weight excluding hydrogens is 218 g/mol. The fraction of sp³-hybridized carbons (Fsp3) is 0.923. The summed E-state index contributed by atoms with van der Waals surface area (Å²) in [4.78, 5) is 13.6. The van der Waals surface area contributed by atoms with Crippen LogP contribution in [-0.2, 0) is 9.47 Å². The zero-order valence-corrected chi connectivity index (χ0v) is 10.7. The van der Waals surface area contributed by atoms with E-state index in [2.05, 4.69) is 0 Å². The molecule has 1 unspecified atom stereocenters. The fourth-order valence-corrected chi connectivity index (χ4v) is 2.62. The lowest BCUT2D eigenvalue weighted by Gasteiger charge is -2.28. The molecule has 1 amide bonds. The Bertz CT molecular complexity index is 245. The topological polar surface area (TPSA) is 38.8 Å². The highest BCUT2D eigenvalue weighted by atomic mass is 16.7. The molecule has 1 saturated heterocycles. The molecule has 1 saturated carbocycles. The molecule has 98 valence electrons. The second kappa shape index (κ2) is 6.24. The number of piperidine rings is 1. The maximum absolute atomic E-state index is 11.8. The Kier molecular flexibility index (Phi) is 4.66. The standard InChI is InChI=1S/C13H23NO3/c1-11(16-12-7-3-4-8-12)17-13(15)14-9-5-2-6-10-14/h11-12H,2-10H2,1H3. The van der Waals surface area contributed by atoms with Crippen molar-refractivity contribution in [1.82, 2.24) is 4.90 Å². The predicted octanol–water partition coefficient (Wildman–Crippen LogP) is 2.91. The van der Waals surface area contributed by atoms with Crippen molar-refractivity contribution in [3.63, 3.8) is 0 Å². The molecule has 0 spiro atoms. The monoisotopic (exact) mass is 241 g/mol. The first-order valence-electron chi connectivity index (χ1n) is 6.87. The van der Waals surface area contributed by atoms with Gasteiger partial charge in [0.2, 0.25) is 6.29 Å². The molecule has 0 aromatic rings. The summed E-state index contributed by atoms with van der Waals surface area (Å²) in [5.74, 6) is 0. The minimum absolute atomic E-state index is 0.213. The molecule has 1 aliphatic carbocycles. The molecule has 4 nitrogen and oxygen atoms in total. The van der Waals surface area contributed by atoms with Crippen LogP contribution in [0.3, 0.4) is 0 Å². The number of carbonyl (C=O) groups is 1. The molecule has 2 rings (SSSR count). The summed E-state index contributed by atoms with van der Waals surface area (Å²) in [6.45, 7) is 3.48. The molecule has 17 heavy (non-hydrogen) atoms. The maximum atomic E-state index is 11.8. The second-order valence-corrected chi connectivity index (χ2v) is 5.04. The molecule has 0 bridgehead atoms. The van der Waals surface area contributed by atoms with E-state index >= 15 is 0 Å². The summed E-state index contributed by atoms with van der Waals surface area (Å²) < 4.78 is 11.0. The Morgan fingerprint density at radius 2 is 1.76 bits per heavy atom. The van der Waals surface area contributed by atoms with E-state index in [-0.39, 0.29) is 6.09 Å². The highest BCUT2D eigenvalue weighted by molar-refractivity contribution is 5.67. The van der Waals surface area contributed by atoms with Gasteiger partial charge in [0, 0.05) is 13.1 Å². The van der Waals surface area contributed by atoms with Crippen LogP contribution in [0, 0.1) is 0 Å². The molecule has 1 heterocycles. The molecule has 0 N–H and O–H groups in total. The molecule has 0 aromatic heterocycles. The van der Waals surface area contributed by atoms with Crippen LogP contribution in [-0.4, -0.2) is 36.5 Å². The third-order valence-electron chi connectivity index (χ3n) is 3.57. The van der Waals surface area contributed by atoms with Gasteiger partial charge in [0.25, 0.3) is 0 Å². The summed E-state index contributed by atoms with van der Waals surface area (Å²) in [6, 6.07) is 0.